The molecular weight excluding hydrogens is 541 g/mol. The van der Waals surface area contributed by atoms with E-state index in [0.29, 0.717) is 44.3 Å². The van der Waals surface area contributed by atoms with Crippen molar-refractivity contribution in [1.29, 1.82) is 0 Å². The molecule has 0 saturated carbocycles. The Hall–Kier alpha value is -1.56. The Labute approximate surface area is 190 Å². The summed E-state index contributed by atoms with van der Waals surface area (Å²) in [5.74, 6) is 0.200. The van der Waals surface area contributed by atoms with E-state index in [0.717, 1.165) is 17.3 Å². The molecule has 1 aromatic rings. The van der Waals surface area contributed by atoms with Gasteiger partial charge < -0.3 is 26.0 Å². The van der Waals surface area contributed by atoms with Crippen molar-refractivity contribution in [2.75, 3.05) is 32.8 Å². The summed E-state index contributed by atoms with van der Waals surface area (Å²) in [4.78, 5) is 29.6. The second kappa shape index (κ2) is 12.8. The van der Waals surface area contributed by atoms with E-state index < -0.39 is 0 Å². The van der Waals surface area contributed by atoms with Crippen molar-refractivity contribution < 1.29 is 14.3 Å². The molecule has 0 aliphatic carbocycles. The van der Waals surface area contributed by atoms with Crippen LogP contribution in [0.5, 0.6) is 0 Å². The van der Waals surface area contributed by atoms with Crippen LogP contribution in [0.2, 0.25) is 0 Å². The fourth-order valence-corrected chi connectivity index (χ4v) is 3.15. The van der Waals surface area contributed by atoms with Crippen molar-refractivity contribution >= 4 is 57.9 Å². The van der Waals surface area contributed by atoms with Gasteiger partial charge in [0.1, 0.15) is 0 Å². The van der Waals surface area contributed by atoms with Gasteiger partial charge in [-0.2, -0.15) is 0 Å². The highest BCUT2D eigenvalue weighted by Crippen LogP contribution is 2.12. The Morgan fingerprint density at radius 2 is 2.07 bits per heavy atom. The van der Waals surface area contributed by atoms with E-state index in [4.69, 9.17) is 10.5 Å². The minimum atomic E-state index is -0.265. The number of nitrogens with one attached hydrogen (secondary N) is 2. The van der Waals surface area contributed by atoms with E-state index >= 15 is 0 Å². The molecule has 1 fully saturated rings. The highest BCUT2D eigenvalue weighted by atomic mass is 127. The summed E-state index contributed by atoms with van der Waals surface area (Å²) in [6.07, 6.45) is 1.31. The molecular formula is C18H27BrIN5O3. The van der Waals surface area contributed by atoms with Crippen molar-refractivity contribution in [2.45, 2.75) is 25.8 Å². The maximum atomic E-state index is 12.0. The summed E-state index contributed by atoms with van der Waals surface area (Å²) < 4.78 is 5.86. The van der Waals surface area contributed by atoms with Crippen LogP contribution in [-0.4, -0.2) is 61.7 Å². The number of carbonyl (C=O) groups is 2. The molecule has 156 valence electrons. The van der Waals surface area contributed by atoms with Gasteiger partial charge in [-0.1, -0.05) is 22.0 Å². The number of benzene rings is 1. The zero-order valence-electron chi connectivity index (χ0n) is 15.8. The molecule has 0 spiro atoms. The molecule has 28 heavy (non-hydrogen) atoms. The molecule has 2 rings (SSSR count). The lowest BCUT2D eigenvalue weighted by atomic mass is 10.1. The second-order valence-corrected chi connectivity index (χ2v) is 7.05. The molecule has 0 bridgehead atoms. The van der Waals surface area contributed by atoms with E-state index in [2.05, 4.69) is 31.6 Å². The SMILES string of the molecule is CCOC(=O)N1CCC(NC(N)=NCCNC(=O)c2cccc(Br)c2)CC1.I. The Kier molecular flexibility index (Phi) is 11.2. The molecule has 1 aliphatic heterocycles. The van der Waals surface area contributed by atoms with Gasteiger partial charge in [0.25, 0.3) is 5.91 Å². The van der Waals surface area contributed by atoms with Gasteiger partial charge in [-0.15, -0.1) is 24.0 Å². The molecule has 0 atom stereocenters. The lowest BCUT2D eigenvalue weighted by Gasteiger charge is -2.31. The number of nitrogens with two attached hydrogens (primary N) is 1. The van der Waals surface area contributed by atoms with Crippen LogP contribution in [-0.2, 0) is 4.74 Å². The third kappa shape index (κ3) is 8.21. The number of ether oxygens (including phenoxy) is 1. The van der Waals surface area contributed by atoms with Crippen molar-refractivity contribution in [3.8, 4) is 0 Å². The molecule has 0 aromatic heterocycles. The van der Waals surface area contributed by atoms with Gasteiger partial charge in [0.2, 0.25) is 0 Å². The smallest absolute Gasteiger partial charge is 0.409 e. The predicted molar refractivity (Wildman–Crippen MR) is 123 cm³/mol. The topological polar surface area (TPSA) is 109 Å². The van der Waals surface area contributed by atoms with Crippen LogP contribution < -0.4 is 16.4 Å². The van der Waals surface area contributed by atoms with Crippen molar-refractivity contribution in [1.82, 2.24) is 15.5 Å². The number of halogens is 2. The largest absolute Gasteiger partial charge is 0.450 e. The normalized spacial score (nSPS) is 14.8. The Balaban J connectivity index is 0.00000392. The van der Waals surface area contributed by atoms with Crippen LogP contribution in [0.25, 0.3) is 0 Å². The number of rotatable bonds is 6. The Bertz CT molecular complexity index is 681. The third-order valence-electron chi connectivity index (χ3n) is 4.14. The van der Waals surface area contributed by atoms with Gasteiger partial charge in [-0.05, 0) is 38.0 Å². The van der Waals surface area contributed by atoms with Crippen LogP contribution >= 0.6 is 39.9 Å². The average Bonchev–Trinajstić information content (AvgIpc) is 2.66. The Morgan fingerprint density at radius 1 is 1.36 bits per heavy atom. The number of carbonyl (C=O) groups excluding carboxylic acids is 2. The zero-order chi connectivity index (χ0) is 19.6. The first kappa shape index (κ1) is 24.5. The summed E-state index contributed by atoms with van der Waals surface area (Å²) in [7, 11) is 0. The number of piperidine rings is 1. The molecule has 4 N–H and O–H groups in total. The number of hydrogen-bond donors (Lipinski definition) is 3. The standard InChI is InChI=1S/C18H26BrN5O3.HI/c1-2-27-18(26)24-10-6-15(7-11-24)23-17(20)22-9-8-21-16(25)13-4-3-5-14(19)12-13;/h3-5,12,15H,2,6-11H2,1H3,(H,21,25)(H3,20,22,23);1H. The summed E-state index contributed by atoms with van der Waals surface area (Å²) in [6, 6.07) is 7.37. The number of likely N-dealkylation sites (tertiary alicyclic amines) is 1. The van der Waals surface area contributed by atoms with Gasteiger partial charge >= 0.3 is 6.09 Å². The number of hydrogen-bond acceptors (Lipinski definition) is 4. The second-order valence-electron chi connectivity index (χ2n) is 6.14. The summed E-state index contributed by atoms with van der Waals surface area (Å²) in [5.41, 5.74) is 6.50. The molecule has 10 heteroatoms. The number of amides is 2. The number of guanidine groups is 1. The van der Waals surface area contributed by atoms with Gasteiger partial charge in [-0.25, -0.2) is 4.79 Å². The molecule has 0 unspecified atom stereocenters. The van der Waals surface area contributed by atoms with Crippen LogP contribution in [0, 0.1) is 0 Å². The lowest BCUT2D eigenvalue weighted by Crippen LogP contribution is -2.48. The van der Waals surface area contributed by atoms with E-state index in [1.54, 1.807) is 24.0 Å². The van der Waals surface area contributed by atoms with E-state index in [1.165, 1.54) is 0 Å². The first-order chi connectivity index (χ1) is 13.0. The summed E-state index contributed by atoms with van der Waals surface area (Å²) in [5, 5.41) is 5.97. The quantitative estimate of drug-likeness (QED) is 0.212. The zero-order valence-corrected chi connectivity index (χ0v) is 19.7. The maximum Gasteiger partial charge on any atom is 0.409 e. The van der Waals surface area contributed by atoms with Crippen LogP contribution in [0.1, 0.15) is 30.1 Å². The van der Waals surface area contributed by atoms with Crippen molar-refractivity contribution in [2.24, 2.45) is 10.7 Å². The maximum absolute atomic E-state index is 12.0. The van der Waals surface area contributed by atoms with Crippen LogP contribution in [0.15, 0.2) is 33.7 Å². The van der Waals surface area contributed by atoms with Crippen LogP contribution in [0.3, 0.4) is 0 Å². The molecule has 2 amide bonds. The predicted octanol–water partition coefficient (Wildman–Crippen LogP) is 2.32. The van der Waals surface area contributed by atoms with E-state index in [1.807, 2.05) is 12.1 Å². The molecule has 8 nitrogen and oxygen atoms in total. The third-order valence-corrected chi connectivity index (χ3v) is 4.63. The van der Waals surface area contributed by atoms with Crippen molar-refractivity contribution in [3.05, 3.63) is 34.3 Å². The molecule has 1 heterocycles. The van der Waals surface area contributed by atoms with Crippen LogP contribution in [0.4, 0.5) is 4.79 Å². The van der Waals surface area contributed by atoms with Gasteiger partial charge in [0, 0.05) is 35.7 Å². The summed E-state index contributed by atoms with van der Waals surface area (Å²) >= 11 is 3.34. The first-order valence-electron chi connectivity index (χ1n) is 9.01. The monoisotopic (exact) mass is 567 g/mol. The van der Waals surface area contributed by atoms with Gasteiger partial charge in [0.15, 0.2) is 5.96 Å². The fourth-order valence-electron chi connectivity index (χ4n) is 2.75. The number of nitrogens with zero attached hydrogens (tertiary/aromatic N) is 2. The molecule has 1 aliphatic rings. The first-order valence-corrected chi connectivity index (χ1v) is 9.80. The molecule has 1 aromatic carbocycles. The number of aliphatic imine (C=N–C) groups is 1. The van der Waals surface area contributed by atoms with Crippen molar-refractivity contribution in [3.63, 3.8) is 0 Å². The molecule has 1 saturated heterocycles. The highest BCUT2D eigenvalue weighted by molar-refractivity contribution is 14.0. The molecule has 0 radical (unpaired) electrons. The van der Waals surface area contributed by atoms with E-state index in [9.17, 15) is 9.59 Å². The fraction of sp³-hybridized carbons (Fsp3) is 0.500. The highest BCUT2D eigenvalue weighted by Gasteiger charge is 2.23. The lowest BCUT2D eigenvalue weighted by molar-refractivity contribution is 0.0949. The van der Waals surface area contributed by atoms with E-state index in [-0.39, 0.29) is 42.0 Å². The van der Waals surface area contributed by atoms with Gasteiger partial charge in [-0.3, -0.25) is 9.79 Å². The minimum Gasteiger partial charge on any atom is -0.450 e. The summed E-state index contributed by atoms with van der Waals surface area (Å²) in [6.45, 7) is 4.23. The Morgan fingerprint density at radius 3 is 2.71 bits per heavy atom. The average molecular weight is 568 g/mol. The minimum absolute atomic E-state index is 0. The van der Waals surface area contributed by atoms with Gasteiger partial charge in [0.05, 0.1) is 13.2 Å².